The van der Waals surface area contributed by atoms with E-state index in [2.05, 4.69) is 23.5 Å². The molecule has 0 radical (unpaired) electrons. The van der Waals surface area contributed by atoms with Gasteiger partial charge in [0.2, 0.25) is 0 Å². The molecule has 0 atom stereocenters. The van der Waals surface area contributed by atoms with Gasteiger partial charge in [-0.2, -0.15) is 0 Å². The SMILES string of the molecule is NCCCOc1cccc(C2CCNCC2)c1. The minimum atomic E-state index is 0.688. The fourth-order valence-corrected chi connectivity index (χ4v) is 2.29. The molecule has 0 spiro atoms. The number of piperidine rings is 1. The van der Waals surface area contributed by atoms with Crippen LogP contribution in [0.1, 0.15) is 30.7 Å². The summed E-state index contributed by atoms with van der Waals surface area (Å²) in [6.45, 7) is 3.66. The van der Waals surface area contributed by atoms with E-state index in [1.165, 1.54) is 18.4 Å². The Bertz CT molecular complexity index is 335. The summed E-state index contributed by atoms with van der Waals surface area (Å²) >= 11 is 0. The average molecular weight is 234 g/mol. The number of ether oxygens (including phenoxy) is 1. The van der Waals surface area contributed by atoms with Crippen LogP contribution in [0.3, 0.4) is 0 Å². The Labute approximate surface area is 103 Å². The fourth-order valence-electron chi connectivity index (χ4n) is 2.29. The maximum atomic E-state index is 5.68. The van der Waals surface area contributed by atoms with Crippen LogP contribution in [0.4, 0.5) is 0 Å². The first kappa shape index (κ1) is 12.4. The van der Waals surface area contributed by atoms with Crippen LogP contribution in [0.2, 0.25) is 0 Å². The molecule has 0 aliphatic carbocycles. The lowest BCUT2D eigenvalue weighted by Gasteiger charge is -2.23. The van der Waals surface area contributed by atoms with E-state index in [1.807, 2.05) is 6.07 Å². The van der Waals surface area contributed by atoms with Gasteiger partial charge in [-0.3, -0.25) is 0 Å². The molecule has 1 aromatic rings. The van der Waals surface area contributed by atoms with Crippen molar-refractivity contribution in [2.24, 2.45) is 5.73 Å². The van der Waals surface area contributed by atoms with Crippen molar-refractivity contribution in [3.05, 3.63) is 29.8 Å². The van der Waals surface area contributed by atoms with Gasteiger partial charge in [-0.15, -0.1) is 0 Å². The van der Waals surface area contributed by atoms with Crippen molar-refractivity contribution in [2.45, 2.75) is 25.2 Å². The molecule has 0 saturated carbocycles. The quantitative estimate of drug-likeness (QED) is 0.765. The molecule has 3 heteroatoms. The monoisotopic (exact) mass is 234 g/mol. The zero-order valence-corrected chi connectivity index (χ0v) is 10.3. The highest BCUT2D eigenvalue weighted by atomic mass is 16.5. The first-order valence-electron chi connectivity index (χ1n) is 6.53. The van der Waals surface area contributed by atoms with Crippen molar-refractivity contribution in [3.63, 3.8) is 0 Å². The molecule has 0 amide bonds. The van der Waals surface area contributed by atoms with Gasteiger partial charge < -0.3 is 15.8 Å². The summed E-state index contributed by atoms with van der Waals surface area (Å²) < 4.78 is 5.68. The molecule has 3 N–H and O–H groups in total. The van der Waals surface area contributed by atoms with Gasteiger partial charge in [0, 0.05) is 0 Å². The molecule has 1 saturated heterocycles. The average Bonchev–Trinajstić information content (AvgIpc) is 2.41. The van der Waals surface area contributed by atoms with E-state index < -0.39 is 0 Å². The van der Waals surface area contributed by atoms with Crippen molar-refractivity contribution in [3.8, 4) is 5.75 Å². The summed E-state index contributed by atoms with van der Waals surface area (Å²) in [6.07, 6.45) is 3.37. The molecule has 1 heterocycles. The summed E-state index contributed by atoms with van der Waals surface area (Å²) in [6, 6.07) is 8.52. The third-order valence-corrected chi connectivity index (χ3v) is 3.29. The zero-order chi connectivity index (χ0) is 11.9. The van der Waals surface area contributed by atoms with Gasteiger partial charge in [-0.25, -0.2) is 0 Å². The first-order chi connectivity index (χ1) is 8.40. The Kier molecular flexibility index (Phi) is 4.83. The molecular weight excluding hydrogens is 212 g/mol. The van der Waals surface area contributed by atoms with Gasteiger partial charge in [0.1, 0.15) is 5.75 Å². The first-order valence-corrected chi connectivity index (χ1v) is 6.53. The summed E-state index contributed by atoms with van der Waals surface area (Å²) in [5.41, 5.74) is 6.87. The molecule has 1 fully saturated rings. The van der Waals surface area contributed by atoms with Crippen LogP contribution in [-0.2, 0) is 0 Å². The highest BCUT2D eigenvalue weighted by Gasteiger charge is 2.15. The van der Waals surface area contributed by atoms with Crippen LogP contribution in [-0.4, -0.2) is 26.2 Å². The molecule has 1 aromatic carbocycles. The van der Waals surface area contributed by atoms with E-state index in [0.29, 0.717) is 19.1 Å². The van der Waals surface area contributed by atoms with Gasteiger partial charge in [0.05, 0.1) is 6.61 Å². The van der Waals surface area contributed by atoms with Gasteiger partial charge >= 0.3 is 0 Å². The molecule has 94 valence electrons. The predicted octanol–water partition coefficient (Wildman–Crippen LogP) is 1.88. The Balaban J connectivity index is 1.95. The lowest BCUT2D eigenvalue weighted by molar-refractivity contribution is 0.312. The third-order valence-electron chi connectivity index (χ3n) is 3.29. The lowest BCUT2D eigenvalue weighted by Crippen LogP contribution is -2.26. The lowest BCUT2D eigenvalue weighted by atomic mass is 9.90. The highest BCUT2D eigenvalue weighted by molar-refractivity contribution is 5.31. The molecule has 3 nitrogen and oxygen atoms in total. The summed E-state index contributed by atoms with van der Waals surface area (Å²) in [5.74, 6) is 1.67. The van der Waals surface area contributed by atoms with Gasteiger partial charge in [-0.1, -0.05) is 12.1 Å². The molecule has 0 bridgehead atoms. The standard InChI is InChI=1S/C14H22N2O/c15-7-2-10-17-14-4-1-3-13(11-14)12-5-8-16-9-6-12/h1,3-4,11-12,16H,2,5-10,15H2. The maximum Gasteiger partial charge on any atom is 0.119 e. The van der Waals surface area contributed by atoms with Gasteiger partial charge in [0.15, 0.2) is 0 Å². The molecule has 1 aliphatic heterocycles. The normalized spacial score (nSPS) is 17.0. The van der Waals surface area contributed by atoms with Gasteiger partial charge in [-0.05, 0) is 62.5 Å². The minimum Gasteiger partial charge on any atom is -0.494 e. The summed E-state index contributed by atoms with van der Waals surface area (Å²) in [4.78, 5) is 0. The Morgan fingerprint density at radius 3 is 2.88 bits per heavy atom. The van der Waals surface area contributed by atoms with Crippen LogP contribution in [0.15, 0.2) is 24.3 Å². The van der Waals surface area contributed by atoms with E-state index in [9.17, 15) is 0 Å². The van der Waals surface area contributed by atoms with E-state index in [-0.39, 0.29) is 0 Å². The predicted molar refractivity (Wildman–Crippen MR) is 70.5 cm³/mol. The summed E-state index contributed by atoms with van der Waals surface area (Å²) in [7, 11) is 0. The number of rotatable bonds is 5. The number of hydrogen-bond acceptors (Lipinski definition) is 3. The number of hydrogen-bond donors (Lipinski definition) is 2. The number of benzene rings is 1. The third kappa shape index (κ3) is 3.72. The topological polar surface area (TPSA) is 47.3 Å². The van der Waals surface area contributed by atoms with Crippen LogP contribution in [0, 0.1) is 0 Å². The molecule has 0 unspecified atom stereocenters. The van der Waals surface area contributed by atoms with Crippen LogP contribution in [0.25, 0.3) is 0 Å². The fraction of sp³-hybridized carbons (Fsp3) is 0.571. The second-order valence-corrected chi connectivity index (χ2v) is 4.59. The minimum absolute atomic E-state index is 0.688. The largest absolute Gasteiger partial charge is 0.494 e. The number of nitrogens with two attached hydrogens (primary N) is 1. The van der Waals surface area contributed by atoms with Crippen molar-refractivity contribution in [1.82, 2.24) is 5.32 Å². The van der Waals surface area contributed by atoms with Crippen LogP contribution < -0.4 is 15.8 Å². The zero-order valence-electron chi connectivity index (χ0n) is 10.3. The van der Waals surface area contributed by atoms with Crippen molar-refractivity contribution in [1.29, 1.82) is 0 Å². The Morgan fingerprint density at radius 1 is 1.29 bits per heavy atom. The van der Waals surface area contributed by atoms with Crippen molar-refractivity contribution >= 4 is 0 Å². The smallest absolute Gasteiger partial charge is 0.119 e. The molecule has 1 aliphatic rings. The van der Waals surface area contributed by atoms with Crippen molar-refractivity contribution in [2.75, 3.05) is 26.2 Å². The van der Waals surface area contributed by atoms with Gasteiger partial charge in [0.25, 0.3) is 0 Å². The summed E-state index contributed by atoms with van der Waals surface area (Å²) in [5, 5.41) is 3.40. The van der Waals surface area contributed by atoms with Crippen molar-refractivity contribution < 1.29 is 4.74 Å². The number of nitrogens with one attached hydrogen (secondary N) is 1. The van der Waals surface area contributed by atoms with E-state index in [0.717, 1.165) is 25.3 Å². The van der Waals surface area contributed by atoms with Crippen LogP contribution in [0.5, 0.6) is 5.75 Å². The molecule has 2 rings (SSSR count). The molecule has 17 heavy (non-hydrogen) atoms. The highest BCUT2D eigenvalue weighted by Crippen LogP contribution is 2.27. The second kappa shape index (κ2) is 6.62. The Hall–Kier alpha value is -1.06. The van der Waals surface area contributed by atoms with E-state index in [1.54, 1.807) is 0 Å². The van der Waals surface area contributed by atoms with E-state index in [4.69, 9.17) is 10.5 Å². The second-order valence-electron chi connectivity index (χ2n) is 4.59. The molecular formula is C14H22N2O. The maximum absolute atomic E-state index is 5.68. The Morgan fingerprint density at radius 2 is 2.12 bits per heavy atom. The van der Waals surface area contributed by atoms with E-state index >= 15 is 0 Å². The van der Waals surface area contributed by atoms with Crippen LogP contribution >= 0.6 is 0 Å². The molecule has 0 aromatic heterocycles.